The van der Waals surface area contributed by atoms with Gasteiger partial charge in [0.15, 0.2) is 0 Å². The minimum atomic E-state index is 0.308. The minimum Gasteiger partial charge on any atom is -0.508 e. The third-order valence-electron chi connectivity index (χ3n) is 5.27. The van der Waals surface area contributed by atoms with E-state index in [1.165, 1.54) is 34.2 Å². The average Bonchev–Trinajstić information content (AvgIpc) is 3.40. The van der Waals surface area contributed by atoms with Gasteiger partial charge in [-0.2, -0.15) is 0 Å². The molecular weight excluding hydrogens is 292 g/mol. The molecule has 1 saturated carbocycles. The maximum atomic E-state index is 9.81. The molecule has 0 saturated heterocycles. The molecule has 2 aliphatic rings. The zero-order chi connectivity index (χ0) is 16.1. The van der Waals surface area contributed by atoms with E-state index in [2.05, 4.69) is 54.6 Å². The fraction of sp³-hybridized carbons (Fsp3) is 0.130. The number of hydrogen-bond acceptors (Lipinski definition) is 1. The highest BCUT2D eigenvalue weighted by molar-refractivity contribution is 5.95. The van der Waals surface area contributed by atoms with Crippen molar-refractivity contribution in [3.63, 3.8) is 0 Å². The Balaban J connectivity index is 1.79. The summed E-state index contributed by atoms with van der Waals surface area (Å²) in [5.41, 5.74) is 7.89. The molecule has 0 aliphatic heterocycles. The highest BCUT2D eigenvalue weighted by Gasteiger charge is 2.44. The predicted octanol–water partition coefficient (Wildman–Crippen LogP) is 5.57. The minimum absolute atomic E-state index is 0.308. The van der Waals surface area contributed by atoms with Crippen LogP contribution in [0.5, 0.6) is 5.75 Å². The highest BCUT2D eigenvalue weighted by Crippen LogP contribution is 2.60. The number of aromatic hydroxyl groups is 1. The molecule has 2 aliphatic carbocycles. The van der Waals surface area contributed by atoms with E-state index in [-0.39, 0.29) is 0 Å². The van der Waals surface area contributed by atoms with E-state index in [0.717, 1.165) is 5.56 Å². The highest BCUT2D eigenvalue weighted by atomic mass is 16.3. The number of phenolic OH excluding ortho intramolecular Hbond substituents is 1. The monoisotopic (exact) mass is 310 g/mol. The molecule has 3 aromatic rings. The third-order valence-corrected chi connectivity index (χ3v) is 5.27. The van der Waals surface area contributed by atoms with E-state index >= 15 is 0 Å². The van der Waals surface area contributed by atoms with E-state index in [1.807, 2.05) is 18.2 Å². The molecule has 1 heteroatoms. The molecular formula is C23H18O. The van der Waals surface area contributed by atoms with Gasteiger partial charge in [-0.3, -0.25) is 0 Å². The van der Waals surface area contributed by atoms with Gasteiger partial charge in [0.1, 0.15) is 5.75 Å². The summed E-state index contributed by atoms with van der Waals surface area (Å²) in [6.45, 7) is 0. The van der Waals surface area contributed by atoms with Crippen molar-refractivity contribution < 1.29 is 5.11 Å². The van der Waals surface area contributed by atoms with Crippen LogP contribution in [0.4, 0.5) is 0 Å². The molecule has 2 atom stereocenters. The second-order valence-electron chi connectivity index (χ2n) is 6.78. The van der Waals surface area contributed by atoms with Crippen LogP contribution in [-0.4, -0.2) is 5.11 Å². The summed E-state index contributed by atoms with van der Waals surface area (Å²) in [5, 5.41) is 9.81. The Morgan fingerprint density at radius 1 is 0.750 bits per heavy atom. The van der Waals surface area contributed by atoms with Gasteiger partial charge in [0.05, 0.1) is 0 Å². The molecule has 116 valence electrons. The fourth-order valence-electron chi connectivity index (χ4n) is 4.10. The van der Waals surface area contributed by atoms with Crippen molar-refractivity contribution in [2.75, 3.05) is 0 Å². The Morgan fingerprint density at radius 3 is 2.00 bits per heavy atom. The van der Waals surface area contributed by atoms with Crippen molar-refractivity contribution >= 4 is 11.6 Å². The average molecular weight is 310 g/mol. The SMILES string of the molecule is Oc1cccc(C=C2c3ccccc3C3CC3c3ccccc32)c1. The Hall–Kier alpha value is -2.80. The van der Waals surface area contributed by atoms with Crippen molar-refractivity contribution in [3.8, 4) is 5.75 Å². The van der Waals surface area contributed by atoms with Gasteiger partial charge in [-0.25, -0.2) is 0 Å². The van der Waals surface area contributed by atoms with E-state index in [0.29, 0.717) is 17.6 Å². The van der Waals surface area contributed by atoms with Gasteiger partial charge in [-0.05, 0) is 69.9 Å². The molecule has 3 aromatic carbocycles. The summed E-state index contributed by atoms with van der Waals surface area (Å²) in [6, 6.07) is 25.1. The molecule has 1 fully saturated rings. The summed E-state index contributed by atoms with van der Waals surface area (Å²) >= 11 is 0. The standard InChI is InChI=1S/C23H18O/c24-16-7-5-6-15(12-16)13-21-17-8-1-3-10-19(17)22-14-23(22)20-11-4-2-9-18(20)21/h1-13,22-24H,14H2. The van der Waals surface area contributed by atoms with Crippen LogP contribution in [0.1, 0.15) is 46.1 Å². The molecule has 0 heterocycles. The molecule has 2 unspecified atom stereocenters. The van der Waals surface area contributed by atoms with Crippen molar-refractivity contribution in [2.45, 2.75) is 18.3 Å². The lowest BCUT2D eigenvalue weighted by molar-refractivity contribution is 0.475. The van der Waals surface area contributed by atoms with Gasteiger partial charge in [-0.15, -0.1) is 0 Å². The lowest BCUT2D eigenvalue weighted by Gasteiger charge is -2.14. The first-order chi connectivity index (χ1) is 11.8. The van der Waals surface area contributed by atoms with Crippen LogP contribution in [0.3, 0.4) is 0 Å². The third kappa shape index (κ3) is 2.09. The largest absolute Gasteiger partial charge is 0.508 e. The number of fused-ring (bicyclic) bond motifs is 5. The summed E-state index contributed by atoms with van der Waals surface area (Å²) in [4.78, 5) is 0. The molecule has 24 heavy (non-hydrogen) atoms. The van der Waals surface area contributed by atoms with E-state index in [1.54, 1.807) is 6.07 Å². The smallest absolute Gasteiger partial charge is 0.116 e. The van der Waals surface area contributed by atoms with Gasteiger partial charge in [-0.1, -0.05) is 60.7 Å². The summed E-state index contributed by atoms with van der Waals surface area (Å²) in [6.07, 6.45) is 3.47. The van der Waals surface area contributed by atoms with Crippen LogP contribution in [-0.2, 0) is 0 Å². The number of rotatable bonds is 1. The molecule has 0 amide bonds. The Labute approximate surface area is 141 Å². The quantitative estimate of drug-likeness (QED) is 0.623. The van der Waals surface area contributed by atoms with Crippen LogP contribution in [0, 0.1) is 0 Å². The second kappa shape index (κ2) is 5.10. The van der Waals surface area contributed by atoms with Crippen molar-refractivity contribution in [2.24, 2.45) is 0 Å². The van der Waals surface area contributed by atoms with Gasteiger partial charge in [0.2, 0.25) is 0 Å². The maximum absolute atomic E-state index is 9.81. The van der Waals surface area contributed by atoms with Crippen LogP contribution in [0.15, 0.2) is 72.8 Å². The van der Waals surface area contributed by atoms with Crippen LogP contribution >= 0.6 is 0 Å². The normalized spacial score (nSPS) is 20.4. The summed E-state index contributed by atoms with van der Waals surface area (Å²) in [7, 11) is 0. The Kier molecular flexibility index (Phi) is 2.90. The second-order valence-corrected chi connectivity index (χ2v) is 6.78. The first kappa shape index (κ1) is 13.6. The molecule has 0 spiro atoms. The molecule has 1 N–H and O–H groups in total. The number of hydrogen-bond donors (Lipinski definition) is 1. The molecule has 0 bridgehead atoms. The van der Waals surface area contributed by atoms with Crippen LogP contribution in [0.2, 0.25) is 0 Å². The van der Waals surface area contributed by atoms with Gasteiger partial charge in [0.25, 0.3) is 0 Å². The first-order valence-electron chi connectivity index (χ1n) is 8.50. The van der Waals surface area contributed by atoms with Gasteiger partial charge in [0, 0.05) is 0 Å². The molecule has 0 radical (unpaired) electrons. The Bertz CT molecular complexity index is 914. The zero-order valence-corrected chi connectivity index (χ0v) is 13.3. The number of phenols is 1. The topological polar surface area (TPSA) is 20.2 Å². The van der Waals surface area contributed by atoms with E-state index in [4.69, 9.17) is 0 Å². The lowest BCUT2D eigenvalue weighted by atomic mass is 9.90. The lowest BCUT2D eigenvalue weighted by Crippen LogP contribution is -1.94. The zero-order valence-electron chi connectivity index (χ0n) is 13.3. The molecule has 5 rings (SSSR count). The van der Waals surface area contributed by atoms with Gasteiger partial charge >= 0.3 is 0 Å². The number of benzene rings is 3. The molecule has 1 nitrogen and oxygen atoms in total. The van der Waals surface area contributed by atoms with E-state index < -0.39 is 0 Å². The molecule has 0 aromatic heterocycles. The van der Waals surface area contributed by atoms with E-state index in [9.17, 15) is 5.11 Å². The van der Waals surface area contributed by atoms with Crippen LogP contribution in [0.25, 0.3) is 11.6 Å². The van der Waals surface area contributed by atoms with Crippen LogP contribution < -0.4 is 0 Å². The summed E-state index contributed by atoms with van der Waals surface area (Å²) in [5.74, 6) is 1.61. The fourth-order valence-corrected chi connectivity index (χ4v) is 4.10. The van der Waals surface area contributed by atoms with Gasteiger partial charge < -0.3 is 5.11 Å². The maximum Gasteiger partial charge on any atom is 0.116 e. The summed E-state index contributed by atoms with van der Waals surface area (Å²) < 4.78 is 0. The van der Waals surface area contributed by atoms with Crippen molar-refractivity contribution in [1.29, 1.82) is 0 Å². The van der Waals surface area contributed by atoms with Crippen molar-refractivity contribution in [3.05, 3.63) is 101 Å². The Morgan fingerprint density at radius 2 is 1.38 bits per heavy atom. The first-order valence-corrected chi connectivity index (χ1v) is 8.50. The van der Waals surface area contributed by atoms with Crippen molar-refractivity contribution in [1.82, 2.24) is 0 Å². The predicted molar refractivity (Wildman–Crippen MR) is 98.1 cm³/mol.